The van der Waals surface area contributed by atoms with Gasteiger partial charge in [0.1, 0.15) is 24.1 Å². The minimum Gasteiger partial charge on any atom is -0.508 e. The number of phenols is 1. The molecule has 4 aromatic carbocycles. The highest BCUT2D eigenvalue weighted by atomic mass is 35.5. The molecule has 0 aliphatic heterocycles. The van der Waals surface area contributed by atoms with Crippen molar-refractivity contribution in [2.45, 2.75) is 69.1 Å². The summed E-state index contributed by atoms with van der Waals surface area (Å²) in [6.45, 7) is -0.428. The zero-order valence-electron chi connectivity index (χ0n) is 30.2. The van der Waals surface area contributed by atoms with Gasteiger partial charge in [0.15, 0.2) is 0 Å². The highest BCUT2D eigenvalue weighted by Gasteiger charge is 2.29. The van der Waals surface area contributed by atoms with Crippen molar-refractivity contribution in [1.82, 2.24) is 20.9 Å². The van der Waals surface area contributed by atoms with Crippen molar-refractivity contribution < 1.29 is 34.2 Å². The Morgan fingerprint density at radius 1 is 0.833 bits per heavy atom. The molecule has 7 N–H and O–H groups in total. The minimum absolute atomic E-state index is 0.0675. The predicted molar refractivity (Wildman–Crippen MR) is 208 cm³/mol. The van der Waals surface area contributed by atoms with Gasteiger partial charge < -0.3 is 41.6 Å². The Labute approximate surface area is 320 Å². The third kappa shape index (κ3) is 12.4. The van der Waals surface area contributed by atoms with E-state index in [1.165, 1.54) is 17.0 Å². The molecule has 4 aromatic rings. The Hall–Kier alpha value is -5.30. The summed E-state index contributed by atoms with van der Waals surface area (Å²) >= 11 is 5.97. The maximum Gasteiger partial charge on any atom is 0.244 e. The molecule has 0 fully saturated rings. The summed E-state index contributed by atoms with van der Waals surface area (Å²) in [5, 5.41) is 30.1. The first-order valence-electron chi connectivity index (χ1n) is 17.9. The summed E-state index contributed by atoms with van der Waals surface area (Å²) < 4.78 is 0. The van der Waals surface area contributed by atoms with Gasteiger partial charge in [0.05, 0.1) is 18.7 Å². The van der Waals surface area contributed by atoms with E-state index in [0.717, 1.165) is 21.9 Å². The number of nitrogens with one attached hydrogen (secondary N) is 3. The van der Waals surface area contributed by atoms with Crippen LogP contribution in [0.5, 0.6) is 5.75 Å². The zero-order valence-corrected chi connectivity index (χ0v) is 31.0. The van der Waals surface area contributed by atoms with Crippen LogP contribution in [0.4, 0.5) is 0 Å². The van der Waals surface area contributed by atoms with Gasteiger partial charge in [-0.3, -0.25) is 19.2 Å². The van der Waals surface area contributed by atoms with Crippen LogP contribution >= 0.6 is 11.6 Å². The lowest BCUT2D eigenvalue weighted by atomic mass is 9.98. The van der Waals surface area contributed by atoms with Gasteiger partial charge in [-0.1, -0.05) is 78.3 Å². The molecule has 0 aliphatic rings. The second-order valence-corrected chi connectivity index (χ2v) is 13.7. The zero-order chi connectivity index (χ0) is 39.0. The van der Waals surface area contributed by atoms with Crippen LogP contribution < -0.4 is 21.7 Å². The van der Waals surface area contributed by atoms with Gasteiger partial charge in [-0.05, 0) is 83.8 Å². The van der Waals surface area contributed by atoms with E-state index in [1.807, 2.05) is 54.6 Å². The number of hydrogen-bond acceptors (Lipinski definition) is 8. The van der Waals surface area contributed by atoms with Crippen LogP contribution in [0, 0.1) is 0 Å². The Morgan fingerprint density at radius 2 is 1.52 bits per heavy atom. The van der Waals surface area contributed by atoms with E-state index in [1.54, 1.807) is 31.3 Å². The number of aryl methyl sites for hydroxylation is 1. The molecular formula is C41H48ClN5O7. The summed E-state index contributed by atoms with van der Waals surface area (Å²) in [6, 6.07) is 23.1. The van der Waals surface area contributed by atoms with Gasteiger partial charge in [-0.2, -0.15) is 0 Å². The third-order valence-electron chi connectivity index (χ3n) is 9.27. The van der Waals surface area contributed by atoms with Gasteiger partial charge in [0, 0.05) is 31.5 Å². The number of benzene rings is 4. The summed E-state index contributed by atoms with van der Waals surface area (Å²) in [6.07, 6.45) is 2.81. The summed E-state index contributed by atoms with van der Waals surface area (Å²) in [4.78, 5) is 65.8. The number of nitrogens with two attached hydrogens (primary N) is 1. The number of amides is 4. The first-order chi connectivity index (χ1) is 26.0. The van der Waals surface area contributed by atoms with Gasteiger partial charge in [-0.15, -0.1) is 0 Å². The standard InChI is InChI=1S/C41H48ClN5O7/c1-47(38(51)21-16-27-12-17-31(42)18-13-27)37(23-28-14-19-33(50)20-15-28)41(54)45-32(25-48)10-4-5-22-44-40(53)36(26-49)46-39(52)35(43)24-30-9-6-8-29-7-2-3-11-34(29)30/h2-3,6-9,11-15,17-20,25,32,35-37,49-50H,4-5,10,16,21-24,26,43H2,1H3,(H,44,53)(H,45,54)(H,46,52)/t32-,35+,36+,37+/m1/s1. The maximum absolute atomic E-state index is 13.6. The van der Waals surface area contributed by atoms with E-state index in [9.17, 15) is 34.2 Å². The number of fused-ring (bicyclic) bond motifs is 1. The largest absolute Gasteiger partial charge is 0.508 e. The van der Waals surface area contributed by atoms with Crippen molar-refractivity contribution in [3.8, 4) is 5.75 Å². The molecule has 4 atom stereocenters. The van der Waals surface area contributed by atoms with Crippen molar-refractivity contribution in [2.75, 3.05) is 20.2 Å². The first kappa shape index (κ1) is 41.5. The quantitative estimate of drug-likeness (QED) is 0.0585. The van der Waals surface area contributed by atoms with Gasteiger partial charge in [0.25, 0.3) is 0 Å². The van der Waals surface area contributed by atoms with E-state index in [4.69, 9.17) is 17.3 Å². The van der Waals surface area contributed by atoms with Crippen LogP contribution in [0.25, 0.3) is 10.8 Å². The molecule has 0 saturated carbocycles. The molecule has 12 nitrogen and oxygen atoms in total. The number of hydrogen-bond donors (Lipinski definition) is 6. The smallest absolute Gasteiger partial charge is 0.244 e. The monoisotopic (exact) mass is 757 g/mol. The normalized spacial score (nSPS) is 13.3. The van der Waals surface area contributed by atoms with Crippen molar-refractivity contribution in [3.05, 3.63) is 113 Å². The lowest BCUT2D eigenvalue weighted by molar-refractivity contribution is -0.139. The SMILES string of the molecule is CN(C(=O)CCc1ccc(Cl)cc1)[C@@H](Cc1ccc(O)cc1)C(=O)N[C@@H](C=O)CCCCNC(=O)[C@H](CO)NC(=O)[C@@H](N)Cc1cccc2ccccc12. The van der Waals surface area contributed by atoms with Gasteiger partial charge in [0.2, 0.25) is 23.6 Å². The van der Waals surface area contributed by atoms with Crippen molar-refractivity contribution in [1.29, 1.82) is 0 Å². The van der Waals surface area contributed by atoms with E-state index >= 15 is 0 Å². The van der Waals surface area contributed by atoms with E-state index in [-0.39, 0.29) is 43.9 Å². The van der Waals surface area contributed by atoms with E-state index in [2.05, 4.69) is 16.0 Å². The van der Waals surface area contributed by atoms with Crippen molar-refractivity contribution >= 4 is 52.3 Å². The molecule has 0 aliphatic carbocycles. The molecule has 0 heterocycles. The lowest BCUT2D eigenvalue weighted by Crippen LogP contribution is -2.53. The van der Waals surface area contributed by atoms with Gasteiger partial charge >= 0.3 is 0 Å². The molecule has 0 saturated heterocycles. The summed E-state index contributed by atoms with van der Waals surface area (Å²) in [5.41, 5.74) is 8.71. The molecule has 54 heavy (non-hydrogen) atoms. The Kier molecular flexibility index (Phi) is 16.0. The minimum atomic E-state index is -1.20. The number of rotatable bonds is 20. The topological polar surface area (TPSA) is 191 Å². The fourth-order valence-electron chi connectivity index (χ4n) is 6.06. The number of likely N-dealkylation sites (N-methyl/N-ethyl adjacent to an activating group) is 1. The first-order valence-corrected chi connectivity index (χ1v) is 18.3. The molecule has 4 amide bonds. The Balaban J connectivity index is 1.24. The number of aliphatic hydroxyl groups excluding tert-OH is 1. The molecular weight excluding hydrogens is 710 g/mol. The van der Waals surface area contributed by atoms with Crippen LogP contribution in [0.15, 0.2) is 91.0 Å². The second-order valence-electron chi connectivity index (χ2n) is 13.2. The average Bonchev–Trinajstić information content (AvgIpc) is 3.18. The van der Waals surface area contributed by atoms with Crippen LogP contribution in [0.2, 0.25) is 5.02 Å². The van der Waals surface area contributed by atoms with Crippen molar-refractivity contribution in [2.24, 2.45) is 5.73 Å². The summed E-state index contributed by atoms with van der Waals surface area (Å²) in [7, 11) is 1.55. The van der Waals surface area contributed by atoms with Crippen LogP contribution in [-0.2, 0) is 43.2 Å². The molecule has 0 bridgehead atoms. The van der Waals surface area contributed by atoms with Crippen LogP contribution in [0.1, 0.15) is 42.4 Å². The molecule has 13 heteroatoms. The van der Waals surface area contributed by atoms with Gasteiger partial charge in [-0.25, -0.2) is 0 Å². The molecule has 4 rings (SSSR count). The number of unbranched alkanes of at least 4 members (excludes halogenated alkanes) is 1. The number of aromatic hydroxyl groups is 1. The van der Waals surface area contributed by atoms with Crippen molar-refractivity contribution in [3.63, 3.8) is 0 Å². The molecule has 0 radical (unpaired) electrons. The number of aldehydes is 1. The van der Waals surface area contributed by atoms with E-state index < -0.39 is 48.5 Å². The number of carbonyl (C=O) groups excluding carboxylic acids is 5. The number of carbonyl (C=O) groups is 5. The number of phenolic OH excluding ortho intramolecular Hbond substituents is 1. The molecule has 0 spiro atoms. The predicted octanol–water partition coefficient (Wildman–Crippen LogP) is 3.22. The van der Waals surface area contributed by atoms with Crippen LogP contribution in [-0.4, -0.2) is 89.4 Å². The molecule has 0 unspecified atom stereocenters. The van der Waals surface area contributed by atoms with E-state index in [0.29, 0.717) is 36.1 Å². The number of halogens is 1. The molecule has 0 aromatic heterocycles. The highest BCUT2D eigenvalue weighted by Crippen LogP contribution is 2.20. The maximum atomic E-state index is 13.6. The third-order valence-corrected chi connectivity index (χ3v) is 9.53. The molecule has 286 valence electrons. The summed E-state index contributed by atoms with van der Waals surface area (Å²) in [5.74, 6) is -1.84. The average molecular weight is 758 g/mol. The fourth-order valence-corrected chi connectivity index (χ4v) is 6.19. The number of aliphatic hydroxyl groups is 1. The lowest BCUT2D eigenvalue weighted by Gasteiger charge is -2.29. The highest BCUT2D eigenvalue weighted by molar-refractivity contribution is 6.30. The fraction of sp³-hybridized carbons (Fsp3) is 0.341. The Morgan fingerprint density at radius 3 is 2.22 bits per heavy atom. The second kappa shape index (κ2) is 20.8. The van der Waals surface area contributed by atoms with Crippen LogP contribution in [0.3, 0.4) is 0 Å². The number of nitrogens with zero attached hydrogens (tertiary/aromatic N) is 1. The Bertz CT molecular complexity index is 1870.